The zero-order valence-corrected chi connectivity index (χ0v) is 16.4. The van der Waals surface area contributed by atoms with Crippen molar-refractivity contribution in [1.29, 1.82) is 0 Å². The molecular weight excluding hydrogens is 368 g/mol. The minimum Gasteiger partial charge on any atom is -0.349 e. The van der Waals surface area contributed by atoms with Gasteiger partial charge in [-0.05, 0) is 29.8 Å². The molecule has 0 fully saturated rings. The number of rotatable bonds is 7. The molecule has 0 aliphatic rings. The van der Waals surface area contributed by atoms with Gasteiger partial charge >= 0.3 is 0 Å². The van der Waals surface area contributed by atoms with Crippen LogP contribution in [0.3, 0.4) is 0 Å². The molecule has 1 atom stereocenters. The standard InChI is InChI=1S/C23H22N2O2S/c1-17(26)24-21(18-10-4-2-5-11-18)16-23(27)25-20-14-8-9-15-22(20)28-19-12-6-3-7-13-19/h2-15,21H,16H2,1H3,(H,24,26)(H,25,27). The zero-order chi connectivity index (χ0) is 19.8. The minimum absolute atomic E-state index is 0.149. The summed E-state index contributed by atoms with van der Waals surface area (Å²) in [5.74, 6) is -0.314. The van der Waals surface area contributed by atoms with Crippen LogP contribution in [0, 0.1) is 0 Å². The second-order valence-corrected chi connectivity index (χ2v) is 7.44. The molecule has 3 aromatic carbocycles. The number of carbonyl (C=O) groups is 2. The highest BCUT2D eigenvalue weighted by Crippen LogP contribution is 2.33. The minimum atomic E-state index is -0.368. The number of anilines is 1. The van der Waals surface area contributed by atoms with Crippen LogP contribution in [-0.4, -0.2) is 11.8 Å². The molecule has 0 heterocycles. The second-order valence-electron chi connectivity index (χ2n) is 6.33. The van der Waals surface area contributed by atoms with Crippen LogP contribution < -0.4 is 10.6 Å². The molecule has 0 aliphatic carbocycles. The topological polar surface area (TPSA) is 58.2 Å². The molecule has 4 nitrogen and oxygen atoms in total. The maximum Gasteiger partial charge on any atom is 0.226 e. The predicted octanol–water partition coefficient (Wildman–Crippen LogP) is 5.04. The SMILES string of the molecule is CC(=O)NC(CC(=O)Nc1ccccc1Sc1ccccc1)c1ccccc1. The highest BCUT2D eigenvalue weighted by atomic mass is 32.2. The first-order chi connectivity index (χ1) is 13.6. The predicted molar refractivity (Wildman–Crippen MR) is 113 cm³/mol. The van der Waals surface area contributed by atoms with Crippen molar-refractivity contribution in [3.05, 3.63) is 90.5 Å². The maximum absolute atomic E-state index is 12.7. The summed E-state index contributed by atoms with van der Waals surface area (Å²) in [7, 11) is 0. The fourth-order valence-corrected chi connectivity index (χ4v) is 3.77. The zero-order valence-electron chi connectivity index (χ0n) is 15.6. The van der Waals surface area contributed by atoms with E-state index < -0.39 is 0 Å². The number of amides is 2. The van der Waals surface area contributed by atoms with Gasteiger partial charge in [-0.1, -0.05) is 72.4 Å². The summed E-state index contributed by atoms with van der Waals surface area (Å²) in [6.07, 6.45) is 0.161. The second kappa shape index (κ2) is 9.76. The average molecular weight is 391 g/mol. The summed E-state index contributed by atoms with van der Waals surface area (Å²) >= 11 is 1.60. The number of nitrogens with one attached hydrogen (secondary N) is 2. The normalized spacial score (nSPS) is 11.5. The van der Waals surface area contributed by atoms with Crippen LogP contribution in [0.2, 0.25) is 0 Å². The largest absolute Gasteiger partial charge is 0.349 e. The molecule has 0 bridgehead atoms. The fraction of sp³-hybridized carbons (Fsp3) is 0.130. The van der Waals surface area contributed by atoms with Crippen LogP contribution in [0.25, 0.3) is 0 Å². The molecule has 5 heteroatoms. The smallest absolute Gasteiger partial charge is 0.226 e. The van der Waals surface area contributed by atoms with Crippen molar-refractivity contribution >= 4 is 29.3 Å². The number of hydrogen-bond donors (Lipinski definition) is 2. The Balaban J connectivity index is 1.72. The van der Waals surface area contributed by atoms with Crippen LogP contribution in [-0.2, 0) is 9.59 Å². The third kappa shape index (κ3) is 5.72. The molecule has 0 saturated carbocycles. The Morgan fingerprint density at radius 1 is 0.857 bits per heavy atom. The van der Waals surface area contributed by atoms with Gasteiger partial charge < -0.3 is 10.6 Å². The summed E-state index contributed by atoms with van der Waals surface area (Å²) in [6.45, 7) is 1.46. The molecule has 2 N–H and O–H groups in total. The average Bonchev–Trinajstić information content (AvgIpc) is 2.70. The highest BCUT2D eigenvalue weighted by Gasteiger charge is 2.18. The van der Waals surface area contributed by atoms with Gasteiger partial charge in [0.1, 0.15) is 0 Å². The number of para-hydroxylation sites is 1. The van der Waals surface area contributed by atoms with E-state index in [-0.39, 0.29) is 24.3 Å². The van der Waals surface area contributed by atoms with E-state index >= 15 is 0 Å². The van der Waals surface area contributed by atoms with Crippen LogP contribution in [0.1, 0.15) is 24.9 Å². The van der Waals surface area contributed by atoms with Gasteiger partial charge in [0.05, 0.1) is 18.2 Å². The van der Waals surface area contributed by atoms with Crippen LogP contribution in [0.5, 0.6) is 0 Å². The van der Waals surface area contributed by atoms with E-state index in [2.05, 4.69) is 10.6 Å². The lowest BCUT2D eigenvalue weighted by Gasteiger charge is -2.18. The molecule has 0 saturated heterocycles. The Morgan fingerprint density at radius 2 is 1.46 bits per heavy atom. The Hall–Kier alpha value is -3.05. The molecule has 28 heavy (non-hydrogen) atoms. The third-order valence-electron chi connectivity index (χ3n) is 4.10. The Labute approximate surface area is 169 Å². The lowest BCUT2D eigenvalue weighted by Crippen LogP contribution is -2.29. The molecule has 0 aromatic heterocycles. The van der Waals surface area contributed by atoms with Crippen molar-refractivity contribution in [2.45, 2.75) is 29.2 Å². The summed E-state index contributed by atoms with van der Waals surface area (Å²) in [4.78, 5) is 26.4. The molecule has 3 aromatic rings. The van der Waals surface area contributed by atoms with Gasteiger partial charge in [-0.25, -0.2) is 0 Å². The lowest BCUT2D eigenvalue weighted by molar-refractivity contribution is -0.120. The first-order valence-corrected chi connectivity index (χ1v) is 9.87. The van der Waals surface area contributed by atoms with Crippen molar-refractivity contribution in [2.75, 3.05) is 5.32 Å². The van der Waals surface area contributed by atoms with E-state index in [0.717, 1.165) is 21.0 Å². The third-order valence-corrected chi connectivity index (χ3v) is 5.18. The van der Waals surface area contributed by atoms with Crippen molar-refractivity contribution < 1.29 is 9.59 Å². The number of carbonyl (C=O) groups excluding carboxylic acids is 2. The van der Waals surface area contributed by atoms with Gasteiger partial charge in [-0.2, -0.15) is 0 Å². The van der Waals surface area contributed by atoms with Crippen molar-refractivity contribution in [2.24, 2.45) is 0 Å². The Bertz CT molecular complexity index is 930. The summed E-state index contributed by atoms with van der Waals surface area (Å²) in [5.41, 5.74) is 1.66. The van der Waals surface area contributed by atoms with Gasteiger partial charge in [-0.3, -0.25) is 9.59 Å². The first-order valence-electron chi connectivity index (χ1n) is 9.05. The molecule has 142 valence electrons. The molecule has 3 rings (SSSR count). The molecule has 0 spiro atoms. The van der Waals surface area contributed by atoms with Crippen molar-refractivity contribution in [1.82, 2.24) is 5.32 Å². The van der Waals surface area contributed by atoms with Crippen LogP contribution in [0.15, 0.2) is 94.7 Å². The Morgan fingerprint density at radius 3 is 2.14 bits per heavy atom. The quantitative estimate of drug-likeness (QED) is 0.594. The molecular formula is C23H22N2O2S. The fourth-order valence-electron chi connectivity index (χ4n) is 2.84. The van der Waals surface area contributed by atoms with Gasteiger partial charge in [0, 0.05) is 16.7 Å². The van der Waals surface area contributed by atoms with Gasteiger partial charge in [0.2, 0.25) is 11.8 Å². The van der Waals surface area contributed by atoms with E-state index in [9.17, 15) is 9.59 Å². The molecule has 2 amide bonds. The van der Waals surface area contributed by atoms with Crippen molar-refractivity contribution in [3.8, 4) is 0 Å². The van der Waals surface area contributed by atoms with Crippen LogP contribution in [0.4, 0.5) is 5.69 Å². The summed E-state index contributed by atoms with van der Waals surface area (Å²) in [6, 6.07) is 26.9. The van der Waals surface area contributed by atoms with E-state index in [0.29, 0.717) is 0 Å². The van der Waals surface area contributed by atoms with Crippen molar-refractivity contribution in [3.63, 3.8) is 0 Å². The number of benzene rings is 3. The Kier molecular flexibility index (Phi) is 6.87. The lowest BCUT2D eigenvalue weighted by atomic mass is 10.0. The first kappa shape index (κ1) is 19.7. The van der Waals surface area contributed by atoms with Gasteiger partial charge in [0.25, 0.3) is 0 Å². The van der Waals surface area contributed by atoms with E-state index in [1.165, 1.54) is 6.92 Å². The maximum atomic E-state index is 12.7. The number of hydrogen-bond acceptors (Lipinski definition) is 3. The summed E-state index contributed by atoms with van der Waals surface area (Å²) in [5, 5.41) is 5.86. The van der Waals surface area contributed by atoms with Crippen LogP contribution >= 0.6 is 11.8 Å². The molecule has 0 radical (unpaired) electrons. The summed E-state index contributed by atoms with van der Waals surface area (Å²) < 4.78 is 0. The van der Waals surface area contributed by atoms with Gasteiger partial charge in [-0.15, -0.1) is 0 Å². The molecule has 0 aliphatic heterocycles. The molecule has 1 unspecified atom stereocenters. The van der Waals surface area contributed by atoms with E-state index in [4.69, 9.17) is 0 Å². The monoisotopic (exact) mass is 390 g/mol. The highest BCUT2D eigenvalue weighted by molar-refractivity contribution is 7.99. The van der Waals surface area contributed by atoms with E-state index in [1.54, 1.807) is 11.8 Å². The van der Waals surface area contributed by atoms with E-state index in [1.807, 2.05) is 84.9 Å². The van der Waals surface area contributed by atoms with Gasteiger partial charge in [0.15, 0.2) is 0 Å².